The summed E-state index contributed by atoms with van der Waals surface area (Å²) in [6, 6.07) is 2.54. The van der Waals surface area contributed by atoms with Crippen LogP contribution in [0.2, 0.25) is 0 Å². The Morgan fingerprint density at radius 1 is 1.37 bits per heavy atom. The fourth-order valence-electron chi connectivity index (χ4n) is 2.54. The number of amides is 1. The molecule has 3 unspecified atom stereocenters. The first-order valence-electron chi connectivity index (χ1n) is 6.12. The Labute approximate surface area is 109 Å². The van der Waals surface area contributed by atoms with Crippen molar-refractivity contribution in [2.45, 2.75) is 19.8 Å². The molecule has 3 atom stereocenters. The summed E-state index contributed by atoms with van der Waals surface area (Å²) in [4.78, 5) is 26.6. The van der Waals surface area contributed by atoms with Crippen LogP contribution >= 0.6 is 0 Å². The van der Waals surface area contributed by atoms with Gasteiger partial charge in [0, 0.05) is 0 Å². The molecule has 1 amide bonds. The maximum absolute atomic E-state index is 12.6. The highest BCUT2D eigenvalue weighted by atomic mass is 19.1. The Balaban J connectivity index is 2.06. The number of anilines is 1. The van der Waals surface area contributed by atoms with Crippen LogP contribution in [0.5, 0.6) is 0 Å². The van der Waals surface area contributed by atoms with E-state index in [4.69, 9.17) is 5.11 Å². The number of carboxylic acids is 1. The minimum Gasteiger partial charge on any atom is -0.481 e. The molecule has 1 fully saturated rings. The van der Waals surface area contributed by atoms with E-state index < -0.39 is 23.8 Å². The standard InChI is InChI=1S/C13H15FN2O3/c1-7-4-9(10(5-7)13(18)19)12(17)16-8-2-3-11(14)15-6-8/h2-3,6-7,9-10H,4-5H2,1H3,(H,16,17)(H,18,19). The normalized spacial score (nSPS) is 26.1. The second kappa shape index (κ2) is 5.34. The van der Waals surface area contributed by atoms with E-state index in [9.17, 15) is 14.0 Å². The lowest BCUT2D eigenvalue weighted by Crippen LogP contribution is -2.30. The van der Waals surface area contributed by atoms with Crippen molar-refractivity contribution in [2.75, 3.05) is 5.32 Å². The molecule has 1 heterocycles. The molecule has 6 heteroatoms. The smallest absolute Gasteiger partial charge is 0.307 e. The monoisotopic (exact) mass is 266 g/mol. The number of carbonyl (C=O) groups is 2. The third-order valence-corrected chi connectivity index (χ3v) is 3.45. The number of rotatable bonds is 3. The summed E-state index contributed by atoms with van der Waals surface area (Å²) in [5.41, 5.74) is 0.370. The fraction of sp³-hybridized carbons (Fsp3) is 0.462. The van der Waals surface area contributed by atoms with Gasteiger partial charge in [-0.3, -0.25) is 9.59 Å². The van der Waals surface area contributed by atoms with Gasteiger partial charge in [0.1, 0.15) is 0 Å². The van der Waals surface area contributed by atoms with Gasteiger partial charge in [-0.05, 0) is 30.9 Å². The highest BCUT2D eigenvalue weighted by Gasteiger charge is 2.41. The molecule has 0 saturated heterocycles. The number of carboxylic acid groups (broad SMARTS) is 1. The zero-order chi connectivity index (χ0) is 14.0. The molecule has 0 bridgehead atoms. The topological polar surface area (TPSA) is 79.3 Å². The molecule has 0 spiro atoms. The Kier molecular flexibility index (Phi) is 3.78. The maximum atomic E-state index is 12.6. The molecule has 102 valence electrons. The van der Waals surface area contributed by atoms with Crippen molar-refractivity contribution < 1.29 is 19.1 Å². The van der Waals surface area contributed by atoms with Gasteiger partial charge in [0.25, 0.3) is 0 Å². The van der Waals surface area contributed by atoms with Gasteiger partial charge in [-0.2, -0.15) is 4.39 Å². The van der Waals surface area contributed by atoms with Crippen molar-refractivity contribution in [3.05, 3.63) is 24.3 Å². The summed E-state index contributed by atoms with van der Waals surface area (Å²) in [6.45, 7) is 1.93. The molecule has 5 nitrogen and oxygen atoms in total. The number of nitrogens with one attached hydrogen (secondary N) is 1. The molecule has 1 aromatic heterocycles. The Morgan fingerprint density at radius 3 is 2.63 bits per heavy atom. The summed E-state index contributed by atoms with van der Waals surface area (Å²) in [5.74, 6) is -2.90. The average Bonchev–Trinajstić information content (AvgIpc) is 2.74. The van der Waals surface area contributed by atoms with E-state index in [0.717, 1.165) is 6.07 Å². The predicted octanol–water partition coefficient (Wildman–Crippen LogP) is 1.91. The van der Waals surface area contributed by atoms with Gasteiger partial charge in [0.05, 0.1) is 23.7 Å². The van der Waals surface area contributed by atoms with Gasteiger partial charge in [0.15, 0.2) is 0 Å². The van der Waals surface area contributed by atoms with Crippen LogP contribution in [0.3, 0.4) is 0 Å². The number of halogens is 1. The molecule has 1 aliphatic rings. The summed E-state index contributed by atoms with van der Waals surface area (Å²) < 4.78 is 12.6. The first kappa shape index (κ1) is 13.5. The van der Waals surface area contributed by atoms with Crippen LogP contribution in [-0.2, 0) is 9.59 Å². The lowest BCUT2D eigenvalue weighted by atomic mass is 9.95. The molecule has 19 heavy (non-hydrogen) atoms. The number of aromatic nitrogens is 1. The van der Waals surface area contributed by atoms with Gasteiger partial charge in [0.2, 0.25) is 11.9 Å². The SMILES string of the molecule is CC1CC(C(=O)O)C(C(=O)Nc2ccc(F)nc2)C1. The fourth-order valence-corrected chi connectivity index (χ4v) is 2.54. The number of hydrogen-bond acceptors (Lipinski definition) is 3. The molecule has 2 rings (SSSR count). The summed E-state index contributed by atoms with van der Waals surface area (Å²) in [7, 11) is 0. The minimum atomic E-state index is -0.943. The first-order valence-corrected chi connectivity index (χ1v) is 6.12. The molecular weight excluding hydrogens is 251 g/mol. The van der Waals surface area contributed by atoms with Crippen molar-refractivity contribution >= 4 is 17.6 Å². The maximum Gasteiger partial charge on any atom is 0.307 e. The molecule has 1 aromatic rings. The zero-order valence-corrected chi connectivity index (χ0v) is 10.5. The van der Waals surface area contributed by atoms with E-state index in [0.29, 0.717) is 18.5 Å². The van der Waals surface area contributed by atoms with E-state index in [1.807, 2.05) is 6.92 Å². The number of pyridine rings is 1. The van der Waals surface area contributed by atoms with Gasteiger partial charge in [-0.15, -0.1) is 0 Å². The molecular formula is C13H15FN2O3. The zero-order valence-electron chi connectivity index (χ0n) is 10.5. The lowest BCUT2D eigenvalue weighted by molar-refractivity contribution is -0.145. The van der Waals surface area contributed by atoms with Crippen LogP contribution in [0.4, 0.5) is 10.1 Å². The van der Waals surface area contributed by atoms with E-state index >= 15 is 0 Å². The summed E-state index contributed by atoms with van der Waals surface area (Å²) in [5, 5.41) is 11.7. The van der Waals surface area contributed by atoms with Crippen LogP contribution in [-0.4, -0.2) is 22.0 Å². The average molecular weight is 266 g/mol. The second-order valence-electron chi connectivity index (χ2n) is 4.99. The molecule has 2 N–H and O–H groups in total. The number of carbonyl (C=O) groups excluding carboxylic acids is 1. The van der Waals surface area contributed by atoms with Crippen molar-refractivity contribution in [1.29, 1.82) is 0 Å². The van der Waals surface area contributed by atoms with Crippen LogP contribution < -0.4 is 5.32 Å². The van der Waals surface area contributed by atoms with E-state index in [1.54, 1.807) is 0 Å². The van der Waals surface area contributed by atoms with Crippen LogP contribution in [0.15, 0.2) is 18.3 Å². The van der Waals surface area contributed by atoms with Crippen LogP contribution in [0.25, 0.3) is 0 Å². The number of aliphatic carboxylic acids is 1. The molecule has 0 radical (unpaired) electrons. The van der Waals surface area contributed by atoms with Gasteiger partial charge < -0.3 is 10.4 Å². The van der Waals surface area contributed by atoms with Crippen molar-refractivity contribution in [2.24, 2.45) is 17.8 Å². The lowest BCUT2D eigenvalue weighted by Gasteiger charge is -2.15. The van der Waals surface area contributed by atoms with Crippen LogP contribution in [0.1, 0.15) is 19.8 Å². The van der Waals surface area contributed by atoms with Gasteiger partial charge in [-0.1, -0.05) is 6.92 Å². The van der Waals surface area contributed by atoms with Crippen LogP contribution in [0, 0.1) is 23.7 Å². The van der Waals surface area contributed by atoms with E-state index in [-0.39, 0.29) is 11.8 Å². The largest absolute Gasteiger partial charge is 0.481 e. The first-order chi connectivity index (χ1) is 8.97. The summed E-state index contributed by atoms with van der Waals surface area (Å²) >= 11 is 0. The highest BCUT2D eigenvalue weighted by Crippen LogP contribution is 2.37. The van der Waals surface area contributed by atoms with Gasteiger partial charge in [-0.25, -0.2) is 4.98 Å². The van der Waals surface area contributed by atoms with E-state index in [1.165, 1.54) is 12.3 Å². The Hall–Kier alpha value is -1.98. The van der Waals surface area contributed by atoms with Crippen molar-refractivity contribution in [1.82, 2.24) is 4.98 Å². The highest BCUT2D eigenvalue weighted by molar-refractivity contribution is 5.95. The van der Waals surface area contributed by atoms with Gasteiger partial charge >= 0.3 is 5.97 Å². The second-order valence-corrected chi connectivity index (χ2v) is 4.99. The molecule has 0 aromatic carbocycles. The third kappa shape index (κ3) is 3.07. The number of nitrogens with zero attached hydrogens (tertiary/aromatic N) is 1. The Morgan fingerprint density at radius 2 is 2.05 bits per heavy atom. The van der Waals surface area contributed by atoms with E-state index in [2.05, 4.69) is 10.3 Å². The predicted molar refractivity (Wildman–Crippen MR) is 65.8 cm³/mol. The van der Waals surface area contributed by atoms with Crippen molar-refractivity contribution in [3.8, 4) is 0 Å². The Bertz CT molecular complexity index is 489. The third-order valence-electron chi connectivity index (χ3n) is 3.45. The quantitative estimate of drug-likeness (QED) is 0.819. The molecule has 1 saturated carbocycles. The summed E-state index contributed by atoms with van der Waals surface area (Å²) in [6.07, 6.45) is 2.27. The number of hydrogen-bond donors (Lipinski definition) is 2. The van der Waals surface area contributed by atoms with Crippen molar-refractivity contribution in [3.63, 3.8) is 0 Å². The molecule has 1 aliphatic carbocycles. The minimum absolute atomic E-state index is 0.211. The molecule has 0 aliphatic heterocycles.